The number of hydrogen-bond acceptors (Lipinski definition) is 5. The topological polar surface area (TPSA) is 68.2 Å². The fraction of sp³-hybridized carbons (Fsp3) is 0.182. The monoisotopic (exact) mass is 229 g/mol. The molecule has 0 radical (unpaired) electrons. The number of rotatable bonds is 3. The minimum Gasteiger partial charge on any atom is -0.467 e. The number of nitrogens with one attached hydrogen (secondary N) is 1. The molecule has 0 spiro atoms. The molecule has 0 atom stereocenters. The Hall–Kier alpha value is -2.37. The Balaban J connectivity index is 1.90. The van der Waals surface area contributed by atoms with Crippen LogP contribution in [0.25, 0.3) is 5.65 Å². The third kappa shape index (κ3) is 1.73. The van der Waals surface area contributed by atoms with Crippen molar-refractivity contribution in [1.82, 2.24) is 19.6 Å². The van der Waals surface area contributed by atoms with Crippen molar-refractivity contribution in [2.45, 2.75) is 13.5 Å². The standard InChI is InChI=1S/C11H11N5O/c1-8-14-15-11-10(12-4-5-16(8)11)13-7-9-3-2-6-17-9/h2-6H,7H2,1H3,(H,12,13). The van der Waals surface area contributed by atoms with Crippen LogP contribution in [0.2, 0.25) is 0 Å². The minimum atomic E-state index is 0.575. The number of furan rings is 1. The molecule has 0 aliphatic heterocycles. The lowest BCUT2D eigenvalue weighted by molar-refractivity contribution is 0.518. The zero-order chi connectivity index (χ0) is 11.7. The van der Waals surface area contributed by atoms with Crippen LogP contribution in [-0.4, -0.2) is 19.6 Å². The lowest BCUT2D eigenvalue weighted by Gasteiger charge is -2.04. The van der Waals surface area contributed by atoms with Gasteiger partial charge in [-0.15, -0.1) is 10.2 Å². The molecule has 0 aliphatic carbocycles. The van der Waals surface area contributed by atoms with Gasteiger partial charge in [-0.05, 0) is 19.1 Å². The highest BCUT2D eigenvalue weighted by molar-refractivity contribution is 5.61. The normalized spacial score (nSPS) is 10.9. The molecule has 17 heavy (non-hydrogen) atoms. The predicted octanol–water partition coefficient (Wildman–Crippen LogP) is 1.64. The highest BCUT2D eigenvalue weighted by Gasteiger charge is 2.07. The van der Waals surface area contributed by atoms with Gasteiger partial charge in [-0.2, -0.15) is 0 Å². The first-order valence-corrected chi connectivity index (χ1v) is 5.27. The highest BCUT2D eigenvalue weighted by Crippen LogP contribution is 2.13. The fourth-order valence-electron chi connectivity index (χ4n) is 1.65. The SMILES string of the molecule is Cc1nnc2c(NCc3ccco3)nccn12. The Morgan fingerprint density at radius 3 is 3.18 bits per heavy atom. The lowest BCUT2D eigenvalue weighted by atomic mass is 10.4. The number of aromatic nitrogens is 4. The molecule has 1 N–H and O–H groups in total. The number of anilines is 1. The van der Waals surface area contributed by atoms with Crippen LogP contribution in [0, 0.1) is 6.92 Å². The lowest BCUT2D eigenvalue weighted by Crippen LogP contribution is -2.03. The second-order valence-corrected chi connectivity index (χ2v) is 3.65. The highest BCUT2D eigenvalue weighted by atomic mass is 16.3. The largest absolute Gasteiger partial charge is 0.467 e. The second-order valence-electron chi connectivity index (χ2n) is 3.65. The van der Waals surface area contributed by atoms with Crippen molar-refractivity contribution < 1.29 is 4.42 Å². The van der Waals surface area contributed by atoms with Gasteiger partial charge >= 0.3 is 0 Å². The molecule has 0 aliphatic rings. The average Bonchev–Trinajstić information content (AvgIpc) is 2.97. The van der Waals surface area contributed by atoms with Crippen molar-refractivity contribution >= 4 is 11.5 Å². The molecule has 0 saturated heterocycles. The third-order valence-corrected chi connectivity index (χ3v) is 2.51. The van der Waals surface area contributed by atoms with Crippen LogP contribution in [0.4, 0.5) is 5.82 Å². The van der Waals surface area contributed by atoms with E-state index < -0.39 is 0 Å². The molecule has 0 bridgehead atoms. The summed E-state index contributed by atoms with van der Waals surface area (Å²) in [6.07, 6.45) is 5.20. The number of aryl methyl sites for hydroxylation is 1. The van der Waals surface area contributed by atoms with E-state index >= 15 is 0 Å². The third-order valence-electron chi connectivity index (χ3n) is 2.51. The van der Waals surface area contributed by atoms with Crippen molar-refractivity contribution in [3.63, 3.8) is 0 Å². The van der Waals surface area contributed by atoms with E-state index in [-0.39, 0.29) is 0 Å². The summed E-state index contributed by atoms with van der Waals surface area (Å²) in [4.78, 5) is 4.24. The van der Waals surface area contributed by atoms with E-state index in [1.807, 2.05) is 29.7 Å². The van der Waals surface area contributed by atoms with Crippen LogP contribution >= 0.6 is 0 Å². The summed E-state index contributed by atoms with van der Waals surface area (Å²) >= 11 is 0. The van der Waals surface area contributed by atoms with Gasteiger partial charge in [0.15, 0.2) is 5.82 Å². The van der Waals surface area contributed by atoms with Gasteiger partial charge in [0.1, 0.15) is 11.6 Å². The second kappa shape index (κ2) is 3.89. The summed E-state index contributed by atoms with van der Waals surface area (Å²) < 4.78 is 7.13. The van der Waals surface area contributed by atoms with Crippen LogP contribution in [0.5, 0.6) is 0 Å². The maximum absolute atomic E-state index is 5.24. The van der Waals surface area contributed by atoms with E-state index in [1.165, 1.54) is 0 Å². The molecule has 0 unspecified atom stereocenters. The molecular formula is C11H11N5O. The van der Waals surface area contributed by atoms with Crippen LogP contribution in [0.1, 0.15) is 11.6 Å². The molecule has 6 nitrogen and oxygen atoms in total. The van der Waals surface area contributed by atoms with Crippen LogP contribution in [-0.2, 0) is 6.54 Å². The van der Waals surface area contributed by atoms with Crippen LogP contribution in [0.3, 0.4) is 0 Å². The summed E-state index contributed by atoms with van der Waals surface area (Å²) in [5, 5.41) is 11.3. The summed E-state index contributed by atoms with van der Waals surface area (Å²) in [5.74, 6) is 2.39. The number of fused-ring (bicyclic) bond motifs is 1. The summed E-state index contributed by atoms with van der Waals surface area (Å²) in [7, 11) is 0. The zero-order valence-electron chi connectivity index (χ0n) is 9.29. The first-order chi connectivity index (χ1) is 8.34. The Kier molecular flexibility index (Phi) is 2.25. The summed E-state index contributed by atoms with van der Waals surface area (Å²) in [6, 6.07) is 3.76. The number of nitrogens with zero attached hydrogens (tertiary/aromatic N) is 4. The van der Waals surface area contributed by atoms with E-state index in [2.05, 4.69) is 20.5 Å². The van der Waals surface area contributed by atoms with Crippen LogP contribution in [0.15, 0.2) is 35.2 Å². The molecule has 86 valence electrons. The molecule has 6 heteroatoms. The first-order valence-electron chi connectivity index (χ1n) is 5.27. The summed E-state index contributed by atoms with van der Waals surface area (Å²) in [6.45, 7) is 2.47. The predicted molar refractivity (Wildman–Crippen MR) is 61.6 cm³/mol. The van der Waals surface area contributed by atoms with Crippen molar-refractivity contribution in [3.8, 4) is 0 Å². The van der Waals surface area contributed by atoms with Gasteiger partial charge in [-0.1, -0.05) is 0 Å². The van der Waals surface area contributed by atoms with Gasteiger partial charge in [0.25, 0.3) is 0 Å². The van der Waals surface area contributed by atoms with Gasteiger partial charge in [0.2, 0.25) is 5.65 Å². The van der Waals surface area contributed by atoms with Crippen molar-refractivity contribution in [3.05, 3.63) is 42.4 Å². The molecular weight excluding hydrogens is 218 g/mol. The molecule has 3 rings (SSSR count). The maximum Gasteiger partial charge on any atom is 0.203 e. The van der Waals surface area contributed by atoms with Gasteiger partial charge in [-0.3, -0.25) is 4.40 Å². The van der Waals surface area contributed by atoms with Gasteiger partial charge < -0.3 is 9.73 Å². The van der Waals surface area contributed by atoms with E-state index in [4.69, 9.17) is 4.42 Å². The molecule has 0 fully saturated rings. The zero-order valence-corrected chi connectivity index (χ0v) is 9.29. The van der Waals surface area contributed by atoms with E-state index in [9.17, 15) is 0 Å². The summed E-state index contributed by atoms with van der Waals surface area (Å²) in [5.41, 5.74) is 0.719. The van der Waals surface area contributed by atoms with E-state index in [0.717, 1.165) is 17.2 Å². The molecule has 0 amide bonds. The van der Waals surface area contributed by atoms with Gasteiger partial charge in [0.05, 0.1) is 12.8 Å². The van der Waals surface area contributed by atoms with Crippen molar-refractivity contribution in [2.75, 3.05) is 5.32 Å². The fourth-order valence-corrected chi connectivity index (χ4v) is 1.65. The molecule has 0 aromatic carbocycles. The Labute approximate surface area is 97.3 Å². The number of hydrogen-bond donors (Lipinski definition) is 1. The smallest absolute Gasteiger partial charge is 0.203 e. The molecule has 0 saturated carbocycles. The quantitative estimate of drug-likeness (QED) is 0.739. The Morgan fingerprint density at radius 1 is 1.41 bits per heavy atom. The molecule has 3 aromatic rings. The maximum atomic E-state index is 5.24. The Bertz CT molecular complexity index is 628. The van der Waals surface area contributed by atoms with E-state index in [1.54, 1.807) is 12.5 Å². The molecule has 3 heterocycles. The van der Waals surface area contributed by atoms with Crippen molar-refractivity contribution in [1.29, 1.82) is 0 Å². The van der Waals surface area contributed by atoms with Crippen molar-refractivity contribution in [2.24, 2.45) is 0 Å². The van der Waals surface area contributed by atoms with Gasteiger partial charge in [0, 0.05) is 12.4 Å². The van der Waals surface area contributed by atoms with E-state index in [0.29, 0.717) is 12.4 Å². The first kappa shape index (κ1) is 9.83. The average molecular weight is 229 g/mol. The Morgan fingerprint density at radius 2 is 2.35 bits per heavy atom. The van der Waals surface area contributed by atoms with Crippen LogP contribution < -0.4 is 5.32 Å². The van der Waals surface area contributed by atoms with Gasteiger partial charge in [-0.25, -0.2) is 4.98 Å². The molecule has 3 aromatic heterocycles. The minimum absolute atomic E-state index is 0.575.